The lowest BCUT2D eigenvalue weighted by atomic mass is 9.97. The number of rotatable bonds is 4. The zero-order chi connectivity index (χ0) is 14.5. The molecule has 2 heterocycles. The third kappa shape index (κ3) is 3.62. The number of nitrogens with zero attached hydrogens (tertiary/aromatic N) is 2. The summed E-state index contributed by atoms with van der Waals surface area (Å²) in [5, 5.41) is 12.0. The van der Waals surface area contributed by atoms with Crippen LogP contribution in [0.3, 0.4) is 0 Å². The number of urea groups is 1. The van der Waals surface area contributed by atoms with Crippen molar-refractivity contribution in [2.45, 2.75) is 38.6 Å². The van der Waals surface area contributed by atoms with Gasteiger partial charge in [-0.2, -0.15) is 0 Å². The summed E-state index contributed by atoms with van der Waals surface area (Å²) in [7, 11) is 0. The molecule has 114 valence electrons. The molecule has 6 nitrogen and oxygen atoms in total. The fourth-order valence-electron chi connectivity index (χ4n) is 3.11. The average Bonchev–Trinajstić information content (AvgIpc) is 2.95. The predicted octanol–water partition coefficient (Wildman–Crippen LogP) is 0.977. The number of hydrogen-bond donors (Lipinski definition) is 2. The van der Waals surface area contributed by atoms with Crippen LogP contribution in [0.1, 0.15) is 32.6 Å². The molecule has 2 aliphatic rings. The summed E-state index contributed by atoms with van der Waals surface area (Å²) in [5.41, 5.74) is 0. The zero-order valence-electron chi connectivity index (χ0n) is 12.2. The van der Waals surface area contributed by atoms with Gasteiger partial charge in [-0.15, -0.1) is 0 Å². The van der Waals surface area contributed by atoms with Gasteiger partial charge in [-0.25, -0.2) is 9.59 Å². The molecular weight excluding hydrogens is 258 g/mol. The second-order valence-corrected chi connectivity index (χ2v) is 5.75. The third-order valence-corrected chi connectivity index (χ3v) is 4.50. The molecule has 2 amide bonds. The number of carbonyl (C=O) groups is 2. The van der Waals surface area contributed by atoms with E-state index in [9.17, 15) is 9.59 Å². The van der Waals surface area contributed by atoms with Gasteiger partial charge in [-0.1, -0.05) is 6.92 Å². The van der Waals surface area contributed by atoms with Crippen molar-refractivity contribution in [1.82, 2.24) is 15.1 Å². The van der Waals surface area contributed by atoms with E-state index in [0.717, 1.165) is 38.9 Å². The Balaban J connectivity index is 1.74. The number of nitrogens with one attached hydrogen (secondary N) is 1. The van der Waals surface area contributed by atoms with Gasteiger partial charge in [0.15, 0.2) is 0 Å². The van der Waals surface area contributed by atoms with Gasteiger partial charge in [-0.3, -0.25) is 0 Å². The van der Waals surface area contributed by atoms with E-state index in [1.54, 1.807) is 0 Å². The molecule has 0 spiro atoms. The molecule has 0 aliphatic carbocycles. The van der Waals surface area contributed by atoms with Crippen LogP contribution in [0.4, 0.5) is 4.79 Å². The van der Waals surface area contributed by atoms with Gasteiger partial charge in [0.05, 0.1) is 0 Å². The minimum atomic E-state index is -0.895. The first kappa shape index (κ1) is 15.1. The Labute approximate surface area is 120 Å². The molecule has 0 saturated carbocycles. The van der Waals surface area contributed by atoms with E-state index in [-0.39, 0.29) is 6.03 Å². The standard InChI is InChI=1S/C14H25N3O3/c1-2-16-8-5-11(6-9-16)10-15-14(20)17-7-3-4-12(17)13(18)19/h11-12H,2-10H2,1H3,(H,15,20)(H,18,19). The summed E-state index contributed by atoms with van der Waals surface area (Å²) < 4.78 is 0. The van der Waals surface area contributed by atoms with Crippen molar-refractivity contribution in [2.24, 2.45) is 5.92 Å². The van der Waals surface area contributed by atoms with E-state index in [0.29, 0.717) is 25.4 Å². The molecule has 2 N–H and O–H groups in total. The predicted molar refractivity (Wildman–Crippen MR) is 75.6 cm³/mol. The molecule has 20 heavy (non-hydrogen) atoms. The first-order valence-electron chi connectivity index (χ1n) is 7.61. The zero-order valence-corrected chi connectivity index (χ0v) is 12.2. The Kier molecular flexibility index (Phi) is 5.23. The van der Waals surface area contributed by atoms with Crippen LogP contribution in [0.15, 0.2) is 0 Å². The molecular formula is C14H25N3O3. The van der Waals surface area contributed by atoms with E-state index >= 15 is 0 Å². The number of likely N-dealkylation sites (tertiary alicyclic amines) is 2. The minimum absolute atomic E-state index is 0.215. The van der Waals surface area contributed by atoms with Gasteiger partial charge in [-0.05, 0) is 51.2 Å². The number of carboxylic acid groups (broad SMARTS) is 1. The van der Waals surface area contributed by atoms with Gasteiger partial charge < -0.3 is 20.2 Å². The topological polar surface area (TPSA) is 72.9 Å². The Bertz CT molecular complexity index is 354. The van der Waals surface area contributed by atoms with Crippen molar-refractivity contribution in [1.29, 1.82) is 0 Å². The number of carbonyl (C=O) groups excluding carboxylic acids is 1. The number of hydrogen-bond acceptors (Lipinski definition) is 3. The van der Waals surface area contributed by atoms with Crippen LogP contribution in [0.2, 0.25) is 0 Å². The molecule has 2 rings (SSSR count). The largest absolute Gasteiger partial charge is 0.480 e. The monoisotopic (exact) mass is 283 g/mol. The van der Waals surface area contributed by atoms with E-state index in [1.165, 1.54) is 4.90 Å². The van der Waals surface area contributed by atoms with Gasteiger partial charge in [0.25, 0.3) is 0 Å². The first-order chi connectivity index (χ1) is 9.61. The Hall–Kier alpha value is -1.30. The molecule has 2 saturated heterocycles. The van der Waals surface area contributed by atoms with Crippen LogP contribution in [-0.2, 0) is 4.79 Å². The lowest BCUT2D eigenvalue weighted by Crippen LogP contribution is -2.47. The number of piperidine rings is 1. The maximum Gasteiger partial charge on any atom is 0.326 e. The second-order valence-electron chi connectivity index (χ2n) is 5.75. The Morgan fingerprint density at radius 3 is 2.50 bits per heavy atom. The molecule has 1 atom stereocenters. The normalized spacial score (nSPS) is 24.9. The van der Waals surface area contributed by atoms with E-state index in [2.05, 4.69) is 17.1 Å². The number of carboxylic acids is 1. The molecule has 0 radical (unpaired) electrons. The van der Waals surface area contributed by atoms with Crippen molar-refractivity contribution in [3.63, 3.8) is 0 Å². The average molecular weight is 283 g/mol. The summed E-state index contributed by atoms with van der Waals surface area (Å²) >= 11 is 0. The van der Waals surface area contributed by atoms with Crippen LogP contribution in [-0.4, -0.2) is 65.7 Å². The van der Waals surface area contributed by atoms with E-state index in [4.69, 9.17) is 5.11 Å². The summed E-state index contributed by atoms with van der Waals surface area (Å²) in [4.78, 5) is 27.0. The highest BCUT2D eigenvalue weighted by atomic mass is 16.4. The lowest BCUT2D eigenvalue weighted by Gasteiger charge is -2.31. The Morgan fingerprint density at radius 1 is 1.20 bits per heavy atom. The number of amides is 2. The van der Waals surface area contributed by atoms with Crippen LogP contribution in [0, 0.1) is 5.92 Å². The summed E-state index contributed by atoms with van der Waals surface area (Å²) in [5.74, 6) is -0.374. The Morgan fingerprint density at radius 2 is 1.90 bits per heavy atom. The van der Waals surface area contributed by atoms with E-state index in [1.807, 2.05) is 0 Å². The maximum atomic E-state index is 12.1. The van der Waals surface area contributed by atoms with Crippen molar-refractivity contribution in [3.05, 3.63) is 0 Å². The fraction of sp³-hybridized carbons (Fsp3) is 0.857. The van der Waals surface area contributed by atoms with Crippen LogP contribution in [0.25, 0.3) is 0 Å². The van der Waals surface area contributed by atoms with Gasteiger partial charge in [0.2, 0.25) is 0 Å². The third-order valence-electron chi connectivity index (χ3n) is 4.50. The smallest absolute Gasteiger partial charge is 0.326 e. The second kappa shape index (κ2) is 6.92. The summed E-state index contributed by atoms with van der Waals surface area (Å²) in [6.07, 6.45) is 3.56. The molecule has 1 unspecified atom stereocenters. The highest BCUT2D eigenvalue weighted by molar-refractivity contribution is 5.83. The first-order valence-corrected chi connectivity index (χ1v) is 7.61. The summed E-state index contributed by atoms with van der Waals surface area (Å²) in [6, 6.07) is -0.857. The molecule has 0 bridgehead atoms. The van der Waals surface area contributed by atoms with Crippen LogP contribution < -0.4 is 5.32 Å². The van der Waals surface area contributed by atoms with Gasteiger partial charge >= 0.3 is 12.0 Å². The van der Waals surface area contributed by atoms with Crippen molar-refractivity contribution in [2.75, 3.05) is 32.7 Å². The molecule has 0 aromatic carbocycles. The summed E-state index contributed by atoms with van der Waals surface area (Å²) in [6.45, 7) is 6.67. The molecule has 2 aliphatic heterocycles. The van der Waals surface area contributed by atoms with Gasteiger partial charge in [0, 0.05) is 13.1 Å². The fourth-order valence-corrected chi connectivity index (χ4v) is 3.11. The van der Waals surface area contributed by atoms with E-state index < -0.39 is 12.0 Å². The van der Waals surface area contributed by atoms with Crippen molar-refractivity contribution >= 4 is 12.0 Å². The minimum Gasteiger partial charge on any atom is -0.480 e. The molecule has 2 fully saturated rings. The SMILES string of the molecule is CCN1CCC(CNC(=O)N2CCCC2C(=O)O)CC1. The van der Waals surface area contributed by atoms with Crippen LogP contribution in [0.5, 0.6) is 0 Å². The quantitative estimate of drug-likeness (QED) is 0.806. The molecule has 6 heteroatoms. The molecule has 0 aromatic heterocycles. The molecule has 0 aromatic rings. The van der Waals surface area contributed by atoms with Crippen molar-refractivity contribution < 1.29 is 14.7 Å². The van der Waals surface area contributed by atoms with Gasteiger partial charge in [0.1, 0.15) is 6.04 Å². The highest BCUT2D eigenvalue weighted by Gasteiger charge is 2.34. The van der Waals surface area contributed by atoms with Crippen LogP contribution >= 0.6 is 0 Å². The van der Waals surface area contributed by atoms with Crippen molar-refractivity contribution in [3.8, 4) is 0 Å². The number of aliphatic carboxylic acids is 1. The lowest BCUT2D eigenvalue weighted by molar-refractivity contribution is -0.141. The highest BCUT2D eigenvalue weighted by Crippen LogP contribution is 2.19. The maximum absolute atomic E-state index is 12.1.